The highest BCUT2D eigenvalue weighted by molar-refractivity contribution is 5.92. The molecule has 3 rings (SSSR count). The molecule has 0 aliphatic heterocycles. The number of benzene rings is 3. The Morgan fingerprint density at radius 2 is 1.04 bits per heavy atom. The normalized spacial score (nSPS) is 12.1. The lowest BCUT2D eigenvalue weighted by Crippen LogP contribution is -2.33. The van der Waals surface area contributed by atoms with Crippen molar-refractivity contribution in [2.75, 3.05) is 0 Å². The lowest BCUT2D eigenvalue weighted by atomic mass is 10.00. The van der Waals surface area contributed by atoms with Crippen molar-refractivity contribution >= 4 is 11.9 Å². The van der Waals surface area contributed by atoms with E-state index in [9.17, 15) is 22.8 Å². The number of hydrogen-bond acceptors (Lipinski definition) is 4. The monoisotopic (exact) mass is 638 g/mol. The molecule has 0 spiro atoms. The fraction of sp³-hybridized carbons (Fsp3) is 0.487. The van der Waals surface area contributed by atoms with Crippen LogP contribution in [0.2, 0.25) is 0 Å². The molecule has 0 saturated carbocycles. The molecule has 0 bridgehead atoms. The first-order valence-corrected chi connectivity index (χ1v) is 17.0. The van der Waals surface area contributed by atoms with Gasteiger partial charge in [0.25, 0.3) is 0 Å². The molecule has 3 aromatic carbocycles. The van der Waals surface area contributed by atoms with Gasteiger partial charge in [-0.15, -0.1) is 0 Å². The Labute approximate surface area is 272 Å². The highest BCUT2D eigenvalue weighted by Gasteiger charge is 2.42. The van der Waals surface area contributed by atoms with Crippen LogP contribution in [-0.2, 0) is 11.2 Å². The number of carbonyl (C=O) groups excluding carboxylic acids is 2. The molecule has 0 N–H and O–H groups in total. The lowest BCUT2D eigenvalue weighted by molar-refractivity contribution is -0.206. The Morgan fingerprint density at radius 1 is 0.587 bits per heavy atom. The first-order valence-electron chi connectivity index (χ1n) is 17.0. The molecule has 0 radical (unpaired) electrons. The van der Waals surface area contributed by atoms with Crippen molar-refractivity contribution in [2.45, 2.75) is 122 Å². The zero-order valence-corrected chi connectivity index (χ0v) is 27.4. The highest BCUT2D eigenvalue weighted by atomic mass is 19.4. The minimum atomic E-state index is -4.64. The van der Waals surface area contributed by atoms with Crippen LogP contribution in [0.25, 0.3) is 11.1 Å². The SMILES string of the molecule is CCCCCCCCCc1ccc(-c2ccc(C(=O)Oc3ccc(C(=O)OC(CCCCCCCC)C(F)(F)F)cc3)cc2)cc1. The van der Waals surface area contributed by atoms with Crippen LogP contribution in [0.15, 0.2) is 72.8 Å². The molecule has 0 fully saturated rings. The summed E-state index contributed by atoms with van der Waals surface area (Å²) in [6.45, 7) is 4.31. The van der Waals surface area contributed by atoms with Gasteiger partial charge in [0.15, 0.2) is 6.10 Å². The second-order valence-corrected chi connectivity index (χ2v) is 12.1. The van der Waals surface area contributed by atoms with Crippen molar-refractivity contribution in [3.8, 4) is 16.9 Å². The van der Waals surface area contributed by atoms with E-state index < -0.39 is 24.2 Å². The van der Waals surface area contributed by atoms with E-state index in [1.165, 1.54) is 74.8 Å². The molecule has 0 aliphatic rings. The van der Waals surface area contributed by atoms with E-state index in [0.29, 0.717) is 18.4 Å². The van der Waals surface area contributed by atoms with Crippen LogP contribution < -0.4 is 4.74 Å². The zero-order chi connectivity index (χ0) is 33.2. The van der Waals surface area contributed by atoms with Gasteiger partial charge in [0, 0.05) is 0 Å². The number of hydrogen-bond donors (Lipinski definition) is 0. The van der Waals surface area contributed by atoms with Crippen LogP contribution in [0.1, 0.15) is 130 Å². The smallest absolute Gasteiger partial charge is 0.425 e. The summed E-state index contributed by atoms with van der Waals surface area (Å²) in [5.41, 5.74) is 3.67. The number of ether oxygens (including phenoxy) is 2. The summed E-state index contributed by atoms with van der Waals surface area (Å²) in [5.74, 6) is -1.47. The number of aryl methyl sites for hydroxylation is 1. The summed E-state index contributed by atoms with van der Waals surface area (Å²) < 4.78 is 50.7. The van der Waals surface area contributed by atoms with E-state index in [2.05, 4.69) is 38.1 Å². The minimum Gasteiger partial charge on any atom is -0.449 e. The Hall–Kier alpha value is -3.61. The molecule has 0 amide bonds. The average molecular weight is 639 g/mol. The van der Waals surface area contributed by atoms with E-state index in [1.54, 1.807) is 12.1 Å². The lowest BCUT2D eigenvalue weighted by Gasteiger charge is -2.20. The van der Waals surface area contributed by atoms with E-state index in [1.807, 2.05) is 12.1 Å². The summed E-state index contributed by atoms with van der Waals surface area (Å²) in [7, 11) is 0. The maximum absolute atomic E-state index is 13.5. The Kier molecular flexibility index (Phi) is 15.9. The summed E-state index contributed by atoms with van der Waals surface area (Å²) in [4.78, 5) is 25.2. The quantitative estimate of drug-likeness (QED) is 0.0702. The molecule has 7 heteroatoms. The standard InChI is InChI=1S/C39H49F3O4/c1-3-5-7-9-11-12-14-16-30-18-20-31(21-19-30)32-22-24-33(25-23-32)37(43)45-35-28-26-34(27-29-35)38(44)46-36(39(40,41)42)17-15-13-10-8-6-4-2/h18-29,36H,3-17H2,1-2H3. The van der Waals surface area contributed by atoms with Crippen molar-refractivity contribution in [3.05, 3.63) is 89.5 Å². The van der Waals surface area contributed by atoms with Crippen molar-refractivity contribution in [1.29, 1.82) is 0 Å². The molecule has 1 unspecified atom stereocenters. The Balaban J connectivity index is 1.47. The molecule has 1 atom stereocenters. The molecule has 46 heavy (non-hydrogen) atoms. The Morgan fingerprint density at radius 3 is 1.59 bits per heavy atom. The van der Waals surface area contributed by atoms with Gasteiger partial charge in [0.1, 0.15) is 5.75 Å². The molecular weight excluding hydrogens is 589 g/mol. The maximum atomic E-state index is 13.5. The van der Waals surface area contributed by atoms with Gasteiger partial charge in [-0.05, 0) is 78.8 Å². The predicted octanol–water partition coefficient (Wildman–Crippen LogP) is 11.7. The molecule has 0 aliphatic carbocycles. The topological polar surface area (TPSA) is 52.6 Å². The van der Waals surface area contributed by atoms with Crippen LogP contribution in [-0.4, -0.2) is 24.2 Å². The number of esters is 2. The van der Waals surface area contributed by atoms with Gasteiger partial charge in [-0.2, -0.15) is 13.2 Å². The minimum absolute atomic E-state index is 0.0465. The number of unbranched alkanes of at least 4 members (excludes halogenated alkanes) is 11. The van der Waals surface area contributed by atoms with Gasteiger partial charge in [-0.1, -0.05) is 121 Å². The zero-order valence-electron chi connectivity index (χ0n) is 27.4. The second kappa shape index (κ2) is 19.8. The van der Waals surface area contributed by atoms with Gasteiger partial charge in [-0.25, -0.2) is 9.59 Å². The fourth-order valence-electron chi connectivity index (χ4n) is 5.37. The second-order valence-electron chi connectivity index (χ2n) is 12.1. The Bertz CT molecular complexity index is 1300. The van der Waals surface area contributed by atoms with Gasteiger partial charge in [-0.3, -0.25) is 0 Å². The molecular formula is C39H49F3O4. The number of rotatable bonds is 20. The van der Waals surface area contributed by atoms with Crippen LogP contribution in [0, 0.1) is 0 Å². The molecule has 3 aromatic rings. The highest BCUT2D eigenvalue weighted by Crippen LogP contribution is 2.29. The molecule has 0 saturated heterocycles. The third-order valence-electron chi connectivity index (χ3n) is 8.21. The molecule has 4 nitrogen and oxygen atoms in total. The largest absolute Gasteiger partial charge is 0.449 e. The first-order chi connectivity index (χ1) is 22.2. The average Bonchev–Trinajstić information content (AvgIpc) is 3.05. The van der Waals surface area contributed by atoms with E-state index in [-0.39, 0.29) is 17.7 Å². The van der Waals surface area contributed by atoms with Gasteiger partial charge in [0.2, 0.25) is 0 Å². The van der Waals surface area contributed by atoms with Gasteiger partial charge in [0.05, 0.1) is 11.1 Å². The number of halogens is 3. The summed E-state index contributed by atoms with van der Waals surface area (Å²) in [5, 5.41) is 0. The van der Waals surface area contributed by atoms with Crippen molar-refractivity contribution in [2.24, 2.45) is 0 Å². The summed E-state index contributed by atoms with van der Waals surface area (Å²) >= 11 is 0. The predicted molar refractivity (Wildman–Crippen MR) is 178 cm³/mol. The van der Waals surface area contributed by atoms with Crippen LogP contribution >= 0.6 is 0 Å². The van der Waals surface area contributed by atoms with E-state index in [0.717, 1.165) is 43.2 Å². The van der Waals surface area contributed by atoms with Crippen molar-refractivity contribution < 1.29 is 32.2 Å². The number of alkyl halides is 3. The van der Waals surface area contributed by atoms with E-state index in [4.69, 9.17) is 9.47 Å². The van der Waals surface area contributed by atoms with Gasteiger partial charge >= 0.3 is 18.1 Å². The first kappa shape index (κ1) is 36.9. The maximum Gasteiger partial charge on any atom is 0.425 e. The van der Waals surface area contributed by atoms with Crippen LogP contribution in [0.5, 0.6) is 5.75 Å². The number of carbonyl (C=O) groups is 2. The third kappa shape index (κ3) is 13.0. The van der Waals surface area contributed by atoms with Gasteiger partial charge < -0.3 is 9.47 Å². The summed E-state index contributed by atoms with van der Waals surface area (Å²) in [6.07, 6.45) is 8.03. The molecule has 0 heterocycles. The molecule has 0 aromatic heterocycles. The van der Waals surface area contributed by atoms with Crippen molar-refractivity contribution in [1.82, 2.24) is 0 Å². The third-order valence-corrected chi connectivity index (χ3v) is 8.21. The molecule has 250 valence electrons. The fourth-order valence-corrected chi connectivity index (χ4v) is 5.37. The summed E-state index contributed by atoms with van der Waals surface area (Å²) in [6, 6.07) is 21.0. The van der Waals surface area contributed by atoms with Crippen molar-refractivity contribution in [3.63, 3.8) is 0 Å². The van der Waals surface area contributed by atoms with E-state index >= 15 is 0 Å². The van der Waals surface area contributed by atoms with Crippen LogP contribution in [0.3, 0.4) is 0 Å². The van der Waals surface area contributed by atoms with Crippen LogP contribution in [0.4, 0.5) is 13.2 Å².